The summed E-state index contributed by atoms with van der Waals surface area (Å²) in [5.74, 6) is -0.851. The van der Waals surface area contributed by atoms with Gasteiger partial charge in [-0.05, 0) is 31.2 Å². The van der Waals surface area contributed by atoms with Crippen LogP contribution in [-0.4, -0.2) is 92.0 Å². The number of pyridine rings is 1. The predicted octanol–water partition coefficient (Wildman–Crippen LogP) is 3.23. The number of nitrogens with zero attached hydrogens (tertiary/aromatic N) is 4. The fourth-order valence-electron chi connectivity index (χ4n) is 5.19. The number of benzene rings is 2. The Kier molecular flexibility index (Phi) is 12.8. The van der Waals surface area contributed by atoms with Gasteiger partial charge in [-0.15, -0.1) is 17.5 Å². The van der Waals surface area contributed by atoms with Gasteiger partial charge in [0.2, 0.25) is 5.91 Å². The summed E-state index contributed by atoms with van der Waals surface area (Å²) in [6.07, 6.45) is -2.63. The van der Waals surface area contributed by atoms with Crippen LogP contribution in [0.25, 0.3) is 10.9 Å². The molecule has 0 aliphatic carbocycles. The topological polar surface area (TPSA) is 211 Å². The first kappa shape index (κ1) is 37.4. The van der Waals surface area contributed by atoms with E-state index in [9.17, 15) is 29.8 Å². The number of carbonyl (C=O) groups excluding carboxylic acids is 1. The molecule has 0 bridgehead atoms. The molecule has 18 heteroatoms. The Hall–Kier alpha value is -4.47. The van der Waals surface area contributed by atoms with Gasteiger partial charge < -0.3 is 40.7 Å². The minimum Gasteiger partial charge on any atom is -0.492 e. The molecular weight excluding hydrogens is 689 g/mol. The molecule has 14 nitrogen and oxygen atoms in total. The molecule has 1 aliphatic rings. The van der Waals surface area contributed by atoms with Gasteiger partial charge >= 0.3 is 0 Å². The number of rotatable bonds is 12. The zero-order valence-corrected chi connectivity index (χ0v) is 27.3. The Balaban J connectivity index is 0.00000541. The van der Waals surface area contributed by atoms with Crippen LogP contribution in [0.15, 0.2) is 54.9 Å². The first-order valence-corrected chi connectivity index (χ1v) is 15.1. The Bertz CT molecular complexity index is 1830. The van der Waals surface area contributed by atoms with Crippen molar-refractivity contribution in [3.63, 3.8) is 0 Å². The first-order chi connectivity index (χ1) is 23.1. The highest BCUT2D eigenvalue weighted by atomic mass is 35.5. The number of hydrogen-bond donors (Lipinski definition) is 7. The summed E-state index contributed by atoms with van der Waals surface area (Å²) < 4.78 is 40.2. The largest absolute Gasteiger partial charge is 0.492 e. The molecule has 1 saturated heterocycles. The van der Waals surface area contributed by atoms with E-state index in [4.69, 9.17) is 21.1 Å². The van der Waals surface area contributed by atoms with E-state index in [1.54, 1.807) is 19.1 Å². The zero-order valence-electron chi connectivity index (χ0n) is 25.7. The van der Waals surface area contributed by atoms with Gasteiger partial charge in [-0.25, -0.2) is 8.78 Å². The number of aromatic nitrogens is 4. The molecule has 1 amide bonds. The number of nitriles is 1. The lowest BCUT2D eigenvalue weighted by Crippen LogP contribution is -2.59. The van der Waals surface area contributed by atoms with Crippen molar-refractivity contribution in [2.45, 2.75) is 43.6 Å². The van der Waals surface area contributed by atoms with Crippen LogP contribution in [0.1, 0.15) is 24.2 Å². The highest BCUT2D eigenvalue weighted by Gasteiger charge is 2.48. The zero-order chi connectivity index (χ0) is 34.4. The van der Waals surface area contributed by atoms with Gasteiger partial charge in [0.05, 0.1) is 46.7 Å². The summed E-state index contributed by atoms with van der Waals surface area (Å²) in [5.41, 5.74) is 1.89. The predicted molar refractivity (Wildman–Crippen MR) is 177 cm³/mol. The Morgan fingerprint density at radius 2 is 2.08 bits per heavy atom. The number of amides is 1. The Labute approximate surface area is 289 Å². The normalized spacial score (nSPS) is 21.1. The molecule has 2 aromatic heterocycles. The number of ether oxygens (including phenoxy) is 2. The number of aliphatic hydroxyl groups is 3. The summed E-state index contributed by atoms with van der Waals surface area (Å²) in [5, 5.41) is 58.8. The lowest BCUT2D eigenvalue weighted by molar-refractivity contribution is -0.219. The van der Waals surface area contributed by atoms with E-state index < -0.39 is 55.0 Å². The summed E-state index contributed by atoms with van der Waals surface area (Å²) in [6.45, 7) is 1.39. The molecular formula is C31H32Cl2F2N8O6. The lowest BCUT2D eigenvalue weighted by atomic mass is 9.91. The second-order valence-electron chi connectivity index (χ2n) is 10.6. The van der Waals surface area contributed by atoms with E-state index in [1.807, 2.05) is 0 Å². The van der Waals surface area contributed by atoms with Crippen LogP contribution in [0.5, 0.6) is 5.75 Å². The fraction of sp³-hybridized carbons (Fsp3) is 0.323. The molecule has 260 valence electrons. The molecule has 3 heterocycles. The number of fused-ring (bicyclic) bond motifs is 1. The highest BCUT2D eigenvalue weighted by molar-refractivity contribution is 6.31. The van der Waals surface area contributed by atoms with Crippen molar-refractivity contribution in [3.05, 3.63) is 77.0 Å². The van der Waals surface area contributed by atoms with E-state index in [-0.39, 0.29) is 47.5 Å². The Morgan fingerprint density at radius 1 is 1.29 bits per heavy atom. The van der Waals surface area contributed by atoms with Gasteiger partial charge in [-0.2, -0.15) is 5.26 Å². The van der Waals surface area contributed by atoms with Gasteiger partial charge in [-0.1, -0.05) is 22.9 Å². The van der Waals surface area contributed by atoms with Crippen LogP contribution in [-0.2, 0) is 9.53 Å². The van der Waals surface area contributed by atoms with E-state index in [0.29, 0.717) is 28.0 Å². The highest BCUT2D eigenvalue weighted by Crippen LogP contribution is 2.37. The summed E-state index contributed by atoms with van der Waals surface area (Å²) in [6, 6.07) is 8.30. The molecule has 1 fully saturated rings. The van der Waals surface area contributed by atoms with E-state index in [0.717, 1.165) is 0 Å². The molecule has 49 heavy (non-hydrogen) atoms. The first-order valence-electron chi connectivity index (χ1n) is 14.7. The number of aliphatic hydroxyl groups excluding tert-OH is 3. The van der Waals surface area contributed by atoms with Crippen LogP contribution < -0.4 is 20.7 Å². The Morgan fingerprint density at radius 3 is 2.76 bits per heavy atom. The molecule has 1 aliphatic heterocycles. The maximum absolute atomic E-state index is 15.1. The summed E-state index contributed by atoms with van der Waals surface area (Å²) >= 11 is 5.95. The minimum absolute atomic E-state index is 0. The number of carbonyl (C=O) groups is 1. The number of halogens is 4. The lowest BCUT2D eigenvalue weighted by Gasteiger charge is -2.41. The number of hydrogen-bond acceptors (Lipinski definition) is 12. The average molecular weight is 722 g/mol. The van der Waals surface area contributed by atoms with Gasteiger partial charge in [0, 0.05) is 42.2 Å². The third kappa shape index (κ3) is 8.40. The smallest absolute Gasteiger partial charge is 0.248 e. The van der Waals surface area contributed by atoms with E-state index >= 15 is 4.39 Å². The van der Waals surface area contributed by atoms with Crippen molar-refractivity contribution in [1.82, 2.24) is 25.7 Å². The number of alkyl halides is 1. The van der Waals surface area contributed by atoms with Crippen molar-refractivity contribution in [2.75, 3.05) is 30.4 Å². The summed E-state index contributed by atoms with van der Waals surface area (Å²) in [7, 11) is 0. The maximum Gasteiger partial charge on any atom is 0.248 e. The van der Waals surface area contributed by atoms with Gasteiger partial charge in [0.15, 0.2) is 6.17 Å². The second kappa shape index (κ2) is 16.8. The molecule has 2 aromatic carbocycles. The van der Waals surface area contributed by atoms with E-state index in [1.165, 1.54) is 42.7 Å². The fourth-order valence-corrected chi connectivity index (χ4v) is 5.37. The van der Waals surface area contributed by atoms with Crippen molar-refractivity contribution < 1.29 is 38.4 Å². The van der Waals surface area contributed by atoms with Crippen molar-refractivity contribution in [2.24, 2.45) is 0 Å². The van der Waals surface area contributed by atoms with Crippen LogP contribution in [0.3, 0.4) is 0 Å². The van der Waals surface area contributed by atoms with Crippen LogP contribution in [0.2, 0.25) is 5.02 Å². The maximum atomic E-state index is 15.1. The number of nitrogens with one attached hydrogen (secondary N) is 4. The molecule has 4 aromatic rings. The SMILES string of the molecule is CCOc1cc2ncc(C#N)c(Nc3ccc(F)c(Cl)c3)c2cc1NC(=O)/C=C/CNC(c1c[nH]nn1)C1OC(CO)C(O)C(O)C1F.Cl. The van der Waals surface area contributed by atoms with Gasteiger partial charge in [0.1, 0.15) is 47.7 Å². The van der Waals surface area contributed by atoms with E-state index in [2.05, 4.69) is 42.4 Å². The van der Waals surface area contributed by atoms with Crippen LogP contribution >= 0.6 is 24.0 Å². The number of H-pyrrole nitrogens is 1. The van der Waals surface area contributed by atoms with Crippen LogP contribution in [0.4, 0.5) is 25.8 Å². The van der Waals surface area contributed by atoms with Crippen molar-refractivity contribution in [1.29, 1.82) is 5.26 Å². The number of anilines is 3. The molecule has 0 radical (unpaired) electrons. The average Bonchev–Trinajstić information content (AvgIpc) is 3.61. The molecule has 0 saturated carbocycles. The van der Waals surface area contributed by atoms with Crippen LogP contribution in [0, 0.1) is 17.1 Å². The van der Waals surface area contributed by atoms with Gasteiger partial charge in [0.25, 0.3) is 0 Å². The van der Waals surface area contributed by atoms with Crippen molar-refractivity contribution >= 4 is 57.9 Å². The minimum atomic E-state index is -2.04. The molecule has 0 spiro atoms. The van der Waals surface area contributed by atoms with Crippen molar-refractivity contribution in [3.8, 4) is 11.8 Å². The quantitative estimate of drug-likeness (QED) is 0.105. The second-order valence-corrected chi connectivity index (χ2v) is 11.0. The number of aromatic amines is 1. The molecule has 5 rings (SSSR count). The third-order valence-corrected chi connectivity index (χ3v) is 7.82. The molecule has 6 atom stereocenters. The monoisotopic (exact) mass is 720 g/mol. The molecule has 7 N–H and O–H groups in total. The summed E-state index contributed by atoms with van der Waals surface area (Å²) in [4.78, 5) is 17.4. The third-order valence-electron chi connectivity index (χ3n) is 7.53. The molecule has 6 unspecified atom stereocenters. The van der Waals surface area contributed by atoms with Gasteiger partial charge in [-0.3, -0.25) is 14.9 Å². The standard InChI is InChI=1S/C31H31ClF2N8O6.ClH/c1-2-47-23-10-20-17(27(15(11-35)12-37-20)39-16-5-6-19(33)18(32)8-16)9-21(23)40-25(44)4-3-7-36-28(22-13-38-42-41-22)31-26(34)30(46)29(45)24(14-43)48-31;/h3-6,8-10,12-13,24,26,28-31,36,43,45-46H,2,7,14H2,1H3,(H,37,39)(H,40,44)(H,38,41,42);1H/b4-3+;.